The van der Waals surface area contributed by atoms with Gasteiger partial charge in [-0.2, -0.15) is 0 Å². The minimum absolute atomic E-state index is 0.0854. The van der Waals surface area contributed by atoms with E-state index in [0.717, 1.165) is 41.3 Å². The number of aromatic amines is 1. The van der Waals surface area contributed by atoms with Crippen LogP contribution < -0.4 is 10.2 Å². The Kier molecular flexibility index (Phi) is 6.70. The van der Waals surface area contributed by atoms with Crippen molar-refractivity contribution in [1.82, 2.24) is 30.2 Å². The molecule has 0 saturated heterocycles. The zero-order chi connectivity index (χ0) is 26.2. The molecule has 0 radical (unpaired) electrons. The van der Waals surface area contributed by atoms with E-state index in [2.05, 4.69) is 88.3 Å². The van der Waals surface area contributed by atoms with Crippen LogP contribution >= 0.6 is 0 Å². The molecule has 5 rings (SSSR count). The number of hydrogen-bond acceptors (Lipinski definition) is 6. The van der Waals surface area contributed by atoms with Crippen molar-refractivity contribution < 1.29 is 4.79 Å². The first kappa shape index (κ1) is 24.9. The number of nitrogens with zero attached hydrogens (tertiary/aromatic N) is 6. The van der Waals surface area contributed by atoms with Gasteiger partial charge in [-0.3, -0.25) is 10.1 Å². The van der Waals surface area contributed by atoms with Crippen LogP contribution in [0.25, 0.3) is 11.0 Å². The number of carbonyl (C=O) groups is 1. The first-order valence-corrected chi connectivity index (χ1v) is 13.1. The Bertz CT molecular complexity index is 1350. The van der Waals surface area contributed by atoms with Gasteiger partial charge in [0.2, 0.25) is 11.9 Å². The van der Waals surface area contributed by atoms with Crippen molar-refractivity contribution in [3.63, 3.8) is 0 Å². The second kappa shape index (κ2) is 9.95. The zero-order valence-corrected chi connectivity index (χ0v) is 22.3. The summed E-state index contributed by atoms with van der Waals surface area (Å²) in [5, 5.41) is 15.9. The maximum Gasteiger partial charge on any atom is 0.258 e. The lowest BCUT2D eigenvalue weighted by molar-refractivity contribution is 0.102. The van der Waals surface area contributed by atoms with Crippen molar-refractivity contribution >= 4 is 28.8 Å². The Labute approximate surface area is 217 Å². The molecule has 194 valence electrons. The van der Waals surface area contributed by atoms with E-state index < -0.39 is 0 Å². The van der Waals surface area contributed by atoms with E-state index in [1.165, 1.54) is 12.8 Å². The number of nitrogens with one attached hydrogen (secondary N) is 2. The van der Waals surface area contributed by atoms with Gasteiger partial charge in [0.1, 0.15) is 0 Å². The molecule has 4 aromatic rings. The van der Waals surface area contributed by atoms with Crippen molar-refractivity contribution in [2.45, 2.75) is 65.5 Å². The third kappa shape index (κ3) is 5.08. The number of benzene rings is 2. The fourth-order valence-electron chi connectivity index (χ4n) is 5.70. The molecule has 0 aliphatic heterocycles. The quantitative estimate of drug-likeness (QED) is 0.362. The highest BCUT2D eigenvalue weighted by Gasteiger charge is 2.35. The highest BCUT2D eigenvalue weighted by Crippen LogP contribution is 2.42. The predicted molar refractivity (Wildman–Crippen MR) is 145 cm³/mol. The molecule has 2 heterocycles. The molecular weight excluding hydrogens is 464 g/mol. The fourth-order valence-corrected chi connectivity index (χ4v) is 5.70. The van der Waals surface area contributed by atoms with E-state index >= 15 is 0 Å². The van der Waals surface area contributed by atoms with Gasteiger partial charge in [-0.1, -0.05) is 50.1 Å². The third-order valence-electron chi connectivity index (χ3n) is 7.96. The van der Waals surface area contributed by atoms with E-state index in [-0.39, 0.29) is 17.9 Å². The minimum Gasteiger partial charge on any atom is -0.332 e. The molecular formula is C28H36N8O. The smallest absolute Gasteiger partial charge is 0.258 e. The lowest BCUT2D eigenvalue weighted by Gasteiger charge is -2.44. The molecule has 2 aromatic carbocycles. The van der Waals surface area contributed by atoms with E-state index in [0.29, 0.717) is 17.0 Å². The van der Waals surface area contributed by atoms with Crippen LogP contribution in [0, 0.1) is 11.3 Å². The molecule has 9 heteroatoms. The Morgan fingerprint density at radius 2 is 1.78 bits per heavy atom. The van der Waals surface area contributed by atoms with Crippen molar-refractivity contribution in [3.05, 3.63) is 59.7 Å². The highest BCUT2D eigenvalue weighted by atomic mass is 16.1. The maximum absolute atomic E-state index is 12.6. The summed E-state index contributed by atoms with van der Waals surface area (Å²) >= 11 is 0. The molecule has 1 aliphatic rings. The summed E-state index contributed by atoms with van der Waals surface area (Å²) in [6, 6.07) is 16.6. The lowest BCUT2D eigenvalue weighted by Crippen LogP contribution is -2.42. The predicted octanol–water partition coefficient (Wildman–Crippen LogP) is 5.51. The molecule has 1 fully saturated rings. The molecule has 1 unspecified atom stereocenters. The molecule has 2 aromatic heterocycles. The summed E-state index contributed by atoms with van der Waals surface area (Å²) in [6.07, 6.45) is 4.72. The number of carbonyl (C=O) groups excluding carboxylic acids is 1. The highest BCUT2D eigenvalue weighted by molar-refractivity contribution is 6.03. The second-order valence-electron chi connectivity index (χ2n) is 11.2. The number of fused-ring (bicyclic) bond motifs is 1. The van der Waals surface area contributed by atoms with Gasteiger partial charge in [0, 0.05) is 18.7 Å². The van der Waals surface area contributed by atoms with Gasteiger partial charge in [-0.05, 0) is 84.2 Å². The summed E-state index contributed by atoms with van der Waals surface area (Å²) in [6.45, 7) is 9.33. The summed E-state index contributed by atoms with van der Waals surface area (Å²) < 4.78 is 2.22. The van der Waals surface area contributed by atoms with Gasteiger partial charge < -0.3 is 9.47 Å². The standard InChI is InChI=1S/C28H36N8O/c1-18(19-10-12-20(13-11-19)25(37)30-26-31-33-34-32-26)36(22-16-14-21(15-17-22)28(2,3)4)27-29-23-8-6-7-9-24(23)35(27)5/h6-13,18,21-22H,14-17H2,1-5H3,(H2,30,31,32,33,34,37)/t18?,21-,22-. The van der Waals surface area contributed by atoms with Gasteiger partial charge in [0.05, 0.1) is 17.1 Å². The minimum atomic E-state index is -0.259. The van der Waals surface area contributed by atoms with Crippen molar-refractivity contribution in [1.29, 1.82) is 0 Å². The molecule has 0 spiro atoms. The number of imidazole rings is 1. The number of anilines is 2. The van der Waals surface area contributed by atoms with Crippen LogP contribution in [0.5, 0.6) is 0 Å². The van der Waals surface area contributed by atoms with Gasteiger partial charge in [0.25, 0.3) is 5.91 Å². The largest absolute Gasteiger partial charge is 0.332 e. The van der Waals surface area contributed by atoms with Crippen LogP contribution in [-0.2, 0) is 7.05 Å². The Hall–Kier alpha value is -3.75. The second-order valence-corrected chi connectivity index (χ2v) is 11.2. The monoisotopic (exact) mass is 500 g/mol. The van der Waals surface area contributed by atoms with Crippen molar-refractivity contribution in [3.8, 4) is 0 Å². The average Bonchev–Trinajstić information content (AvgIpc) is 3.52. The first-order chi connectivity index (χ1) is 17.7. The summed E-state index contributed by atoms with van der Waals surface area (Å²) in [5.41, 5.74) is 4.16. The number of H-pyrrole nitrogens is 1. The molecule has 1 saturated carbocycles. The van der Waals surface area contributed by atoms with Crippen molar-refractivity contribution in [2.75, 3.05) is 10.2 Å². The first-order valence-electron chi connectivity index (χ1n) is 13.1. The van der Waals surface area contributed by atoms with Crippen LogP contribution in [-0.4, -0.2) is 42.1 Å². The summed E-state index contributed by atoms with van der Waals surface area (Å²) in [4.78, 5) is 20.2. The normalized spacial score (nSPS) is 19.1. The fraction of sp³-hybridized carbons (Fsp3) is 0.464. The topological polar surface area (TPSA) is 105 Å². The van der Waals surface area contributed by atoms with Crippen molar-refractivity contribution in [2.24, 2.45) is 18.4 Å². The number of para-hydroxylation sites is 2. The van der Waals surface area contributed by atoms with E-state index in [9.17, 15) is 4.79 Å². The number of tetrazole rings is 1. The number of amides is 1. The van der Waals surface area contributed by atoms with Crippen LogP contribution in [0.3, 0.4) is 0 Å². The number of aromatic nitrogens is 6. The van der Waals surface area contributed by atoms with Gasteiger partial charge in [-0.15, -0.1) is 0 Å². The summed E-state index contributed by atoms with van der Waals surface area (Å²) in [5.74, 6) is 1.69. The molecule has 1 atom stereocenters. The Morgan fingerprint density at radius 3 is 2.41 bits per heavy atom. The van der Waals surface area contributed by atoms with Crippen LogP contribution in [0.15, 0.2) is 48.5 Å². The van der Waals surface area contributed by atoms with Crippen LogP contribution in [0.1, 0.15) is 75.3 Å². The van der Waals surface area contributed by atoms with Crippen LogP contribution in [0.2, 0.25) is 0 Å². The molecule has 9 nitrogen and oxygen atoms in total. The van der Waals surface area contributed by atoms with E-state index in [1.807, 2.05) is 30.3 Å². The van der Waals surface area contributed by atoms with Gasteiger partial charge in [0.15, 0.2) is 0 Å². The maximum atomic E-state index is 12.6. The van der Waals surface area contributed by atoms with Crippen LogP contribution in [0.4, 0.5) is 11.9 Å². The molecule has 37 heavy (non-hydrogen) atoms. The third-order valence-corrected chi connectivity index (χ3v) is 7.96. The van der Waals surface area contributed by atoms with Gasteiger partial charge in [-0.25, -0.2) is 10.1 Å². The Balaban J connectivity index is 1.43. The number of aryl methyl sites for hydroxylation is 1. The lowest BCUT2D eigenvalue weighted by atomic mass is 9.71. The molecule has 1 amide bonds. The molecule has 2 N–H and O–H groups in total. The van der Waals surface area contributed by atoms with Gasteiger partial charge >= 0.3 is 0 Å². The van der Waals surface area contributed by atoms with E-state index in [4.69, 9.17) is 4.98 Å². The molecule has 1 aliphatic carbocycles. The zero-order valence-electron chi connectivity index (χ0n) is 22.3. The SMILES string of the molecule is CC(c1ccc(C(=O)Nc2nnn[nH]2)cc1)N(c1nc2ccccc2n1C)[C@H]1CC[C@H](C(C)(C)C)CC1. The molecule has 0 bridgehead atoms. The number of hydrogen-bond donors (Lipinski definition) is 2. The van der Waals surface area contributed by atoms with E-state index in [1.54, 1.807) is 0 Å². The Morgan fingerprint density at radius 1 is 1.08 bits per heavy atom. The number of rotatable bonds is 6. The average molecular weight is 501 g/mol. The summed E-state index contributed by atoms with van der Waals surface area (Å²) in [7, 11) is 2.11.